The maximum absolute atomic E-state index is 13.4. The number of ether oxygens (including phenoxy) is 2. The highest BCUT2D eigenvalue weighted by molar-refractivity contribution is 7.99. The summed E-state index contributed by atoms with van der Waals surface area (Å²) in [6.07, 6.45) is 5.91. The fourth-order valence-electron chi connectivity index (χ4n) is 4.77. The minimum Gasteiger partial charge on any atom is -0.493 e. The number of benzene rings is 1. The SMILES string of the molecule is CCCCCCOc1ccc(C2C3=C(CC(C)(C)CC3=O)Nc3nc(SCC)nn32)cc1OC. The molecule has 7 nitrogen and oxygen atoms in total. The molecule has 1 atom stereocenters. The van der Waals surface area contributed by atoms with Gasteiger partial charge in [0.25, 0.3) is 0 Å². The van der Waals surface area contributed by atoms with Crippen LogP contribution >= 0.6 is 11.8 Å². The van der Waals surface area contributed by atoms with Gasteiger partial charge in [0.15, 0.2) is 17.3 Å². The first-order valence-electron chi connectivity index (χ1n) is 12.3. The van der Waals surface area contributed by atoms with Crippen LogP contribution < -0.4 is 14.8 Å². The molecule has 0 bridgehead atoms. The summed E-state index contributed by atoms with van der Waals surface area (Å²) < 4.78 is 13.6. The van der Waals surface area contributed by atoms with Crippen molar-refractivity contribution in [2.24, 2.45) is 5.41 Å². The second-order valence-electron chi connectivity index (χ2n) is 9.78. The molecule has 1 aliphatic carbocycles. The van der Waals surface area contributed by atoms with E-state index in [4.69, 9.17) is 19.6 Å². The monoisotopic (exact) mass is 484 g/mol. The number of unbranched alkanes of at least 4 members (excludes halogenated alkanes) is 3. The van der Waals surface area contributed by atoms with Crippen LogP contribution in [0.5, 0.6) is 11.5 Å². The van der Waals surface area contributed by atoms with E-state index < -0.39 is 0 Å². The van der Waals surface area contributed by atoms with Gasteiger partial charge in [-0.2, -0.15) is 4.98 Å². The van der Waals surface area contributed by atoms with Crippen molar-refractivity contribution in [1.29, 1.82) is 0 Å². The largest absolute Gasteiger partial charge is 0.493 e. The Hall–Kier alpha value is -2.48. The lowest BCUT2D eigenvalue weighted by molar-refractivity contribution is -0.118. The van der Waals surface area contributed by atoms with Gasteiger partial charge in [0.05, 0.1) is 13.7 Å². The number of thioether (sulfide) groups is 1. The lowest BCUT2D eigenvalue weighted by Crippen LogP contribution is -2.36. The molecule has 2 heterocycles. The summed E-state index contributed by atoms with van der Waals surface area (Å²) in [6.45, 7) is 9.22. The quantitative estimate of drug-likeness (QED) is 0.326. The summed E-state index contributed by atoms with van der Waals surface area (Å²) in [6, 6.07) is 5.61. The normalized spacial score (nSPS) is 18.9. The minimum absolute atomic E-state index is 0.0934. The van der Waals surface area contributed by atoms with Gasteiger partial charge < -0.3 is 14.8 Å². The minimum atomic E-state index is -0.346. The number of aromatic nitrogens is 3. The Bertz CT molecular complexity index is 1080. The van der Waals surface area contributed by atoms with E-state index in [1.807, 2.05) is 22.9 Å². The number of ketones is 1. The van der Waals surface area contributed by atoms with E-state index in [1.54, 1.807) is 18.9 Å². The first-order chi connectivity index (χ1) is 16.4. The maximum atomic E-state index is 13.4. The van der Waals surface area contributed by atoms with Crippen LogP contribution in [0.1, 0.15) is 77.8 Å². The second-order valence-corrected chi connectivity index (χ2v) is 11.0. The molecule has 4 rings (SSSR count). The molecule has 2 aliphatic rings. The molecule has 1 unspecified atom stereocenters. The third kappa shape index (κ3) is 5.11. The Kier molecular flexibility index (Phi) is 7.55. The number of hydrogen-bond acceptors (Lipinski definition) is 7. The average molecular weight is 485 g/mol. The van der Waals surface area contributed by atoms with Crippen LogP contribution in [0.4, 0.5) is 5.95 Å². The molecule has 1 aromatic heterocycles. The number of anilines is 1. The molecule has 0 saturated carbocycles. The zero-order valence-corrected chi connectivity index (χ0v) is 21.8. The molecule has 0 saturated heterocycles. The van der Waals surface area contributed by atoms with Gasteiger partial charge in [-0.25, -0.2) is 4.68 Å². The van der Waals surface area contributed by atoms with Gasteiger partial charge in [-0.1, -0.05) is 64.8 Å². The number of rotatable bonds is 10. The lowest BCUT2D eigenvalue weighted by Gasteiger charge is -2.38. The fraction of sp³-hybridized carbons (Fsp3) is 0.577. The first-order valence-corrected chi connectivity index (χ1v) is 13.3. The summed E-state index contributed by atoms with van der Waals surface area (Å²) in [5.41, 5.74) is 2.58. The molecular formula is C26H36N4O3S. The summed E-state index contributed by atoms with van der Waals surface area (Å²) in [4.78, 5) is 18.1. The van der Waals surface area contributed by atoms with Gasteiger partial charge in [-0.05, 0) is 41.7 Å². The number of fused-ring (bicyclic) bond motifs is 1. The summed E-state index contributed by atoms with van der Waals surface area (Å²) in [7, 11) is 1.65. The van der Waals surface area contributed by atoms with Gasteiger partial charge in [-0.3, -0.25) is 4.79 Å². The standard InChI is InChI=1S/C26H36N4O3S/c1-6-8-9-10-13-33-20-12-11-17(14-21(20)32-5)23-22-18(15-26(3,4)16-19(22)31)27-24-28-25(34-7-2)29-30(23)24/h11-12,14,23H,6-10,13,15-16H2,1-5H3,(H,27,28,29). The van der Waals surface area contributed by atoms with Gasteiger partial charge >= 0.3 is 0 Å². The van der Waals surface area contributed by atoms with Crippen molar-refractivity contribution in [2.75, 3.05) is 24.8 Å². The summed E-state index contributed by atoms with van der Waals surface area (Å²) in [5, 5.41) is 8.90. The molecule has 1 N–H and O–H groups in total. The smallest absolute Gasteiger partial charge is 0.227 e. The van der Waals surface area contributed by atoms with Crippen LogP contribution in [0.3, 0.4) is 0 Å². The van der Waals surface area contributed by atoms with Crippen LogP contribution in [0, 0.1) is 5.41 Å². The molecule has 34 heavy (non-hydrogen) atoms. The van der Waals surface area contributed by atoms with Crippen LogP contribution in [-0.4, -0.2) is 40.0 Å². The van der Waals surface area contributed by atoms with Crippen LogP contribution in [-0.2, 0) is 4.79 Å². The van der Waals surface area contributed by atoms with Crippen molar-refractivity contribution in [1.82, 2.24) is 14.8 Å². The van der Waals surface area contributed by atoms with Crippen LogP contribution in [0.2, 0.25) is 0 Å². The Morgan fingerprint density at radius 2 is 2.00 bits per heavy atom. The number of carbonyl (C=O) groups is 1. The first kappa shape index (κ1) is 24.6. The molecule has 0 fully saturated rings. The number of methoxy groups -OCH3 is 1. The van der Waals surface area contributed by atoms with Crippen molar-refractivity contribution >= 4 is 23.5 Å². The molecule has 0 amide bonds. The zero-order valence-electron chi connectivity index (χ0n) is 20.9. The maximum Gasteiger partial charge on any atom is 0.227 e. The van der Waals surface area contributed by atoms with E-state index in [0.29, 0.717) is 29.9 Å². The Morgan fingerprint density at radius 1 is 1.18 bits per heavy atom. The van der Waals surface area contributed by atoms with Gasteiger partial charge in [0, 0.05) is 17.7 Å². The topological polar surface area (TPSA) is 78.3 Å². The van der Waals surface area contributed by atoms with Crippen LogP contribution in [0.15, 0.2) is 34.6 Å². The van der Waals surface area contributed by atoms with E-state index in [0.717, 1.165) is 47.6 Å². The van der Waals surface area contributed by atoms with Crippen molar-refractivity contribution in [3.05, 3.63) is 35.0 Å². The second kappa shape index (κ2) is 10.4. The molecule has 1 aromatic carbocycles. The summed E-state index contributed by atoms with van der Waals surface area (Å²) >= 11 is 1.59. The fourth-order valence-corrected chi connectivity index (χ4v) is 5.33. The zero-order chi connectivity index (χ0) is 24.3. The molecule has 8 heteroatoms. The van der Waals surface area contributed by atoms with Crippen molar-refractivity contribution in [2.45, 2.75) is 77.4 Å². The van der Waals surface area contributed by atoms with Crippen molar-refractivity contribution in [3.63, 3.8) is 0 Å². The predicted molar refractivity (Wildman–Crippen MR) is 136 cm³/mol. The van der Waals surface area contributed by atoms with E-state index in [-0.39, 0.29) is 17.2 Å². The Labute approximate surface area is 206 Å². The molecular weight excluding hydrogens is 448 g/mol. The Balaban J connectivity index is 1.70. The van der Waals surface area contributed by atoms with E-state index in [2.05, 4.69) is 33.0 Å². The van der Waals surface area contributed by atoms with Crippen LogP contribution in [0.25, 0.3) is 0 Å². The number of carbonyl (C=O) groups excluding carboxylic acids is 1. The number of nitrogens with zero attached hydrogens (tertiary/aromatic N) is 3. The number of allylic oxidation sites excluding steroid dienone is 2. The molecule has 0 radical (unpaired) electrons. The molecule has 0 spiro atoms. The Morgan fingerprint density at radius 3 is 2.74 bits per heavy atom. The lowest BCUT2D eigenvalue weighted by atomic mass is 9.73. The van der Waals surface area contributed by atoms with Gasteiger partial charge in [-0.15, -0.1) is 5.10 Å². The molecule has 1 aliphatic heterocycles. The molecule has 2 aromatic rings. The van der Waals surface area contributed by atoms with E-state index >= 15 is 0 Å². The third-order valence-corrected chi connectivity index (χ3v) is 7.06. The predicted octanol–water partition coefficient (Wildman–Crippen LogP) is 6.02. The van der Waals surface area contributed by atoms with Crippen molar-refractivity contribution < 1.29 is 14.3 Å². The highest BCUT2D eigenvalue weighted by Crippen LogP contribution is 2.46. The number of Topliss-reactive ketones (excluding diaryl/α,β-unsaturated/α-hetero) is 1. The van der Waals surface area contributed by atoms with E-state index in [1.165, 1.54) is 12.8 Å². The van der Waals surface area contributed by atoms with Crippen molar-refractivity contribution in [3.8, 4) is 11.5 Å². The van der Waals surface area contributed by atoms with Gasteiger partial charge in [0.1, 0.15) is 6.04 Å². The average Bonchev–Trinajstić information content (AvgIpc) is 3.19. The number of hydrogen-bond donors (Lipinski definition) is 1. The highest BCUT2D eigenvalue weighted by Gasteiger charge is 2.42. The highest BCUT2D eigenvalue weighted by atomic mass is 32.2. The molecule has 184 valence electrons. The summed E-state index contributed by atoms with van der Waals surface area (Å²) in [5.74, 6) is 3.11. The number of nitrogens with one attached hydrogen (secondary N) is 1. The third-order valence-electron chi connectivity index (χ3n) is 6.34. The van der Waals surface area contributed by atoms with E-state index in [9.17, 15) is 4.79 Å². The van der Waals surface area contributed by atoms with Gasteiger partial charge in [0.2, 0.25) is 11.1 Å².